The highest BCUT2D eigenvalue weighted by Crippen LogP contribution is 2.34. The summed E-state index contributed by atoms with van der Waals surface area (Å²) in [6.45, 7) is 0. The Balaban J connectivity index is 0.000000423. The Bertz CT molecular complexity index is 357. The van der Waals surface area contributed by atoms with Gasteiger partial charge in [-0.05, 0) is 12.1 Å². The van der Waals surface area contributed by atoms with E-state index in [-0.39, 0.29) is 0 Å². The molecule has 0 saturated heterocycles. The fourth-order valence-electron chi connectivity index (χ4n) is 0.637. The zero-order chi connectivity index (χ0) is 12.0. The fraction of sp³-hybridized carbons (Fsp3) is 0. The van der Waals surface area contributed by atoms with E-state index in [0.29, 0.717) is 20.8 Å². The lowest BCUT2D eigenvalue weighted by atomic mass is 10.3. The number of nitrogen functional groups attached to an aromatic ring is 1. The van der Waals surface area contributed by atoms with Gasteiger partial charge in [0.25, 0.3) is 5.09 Å². The van der Waals surface area contributed by atoms with E-state index in [2.05, 4.69) is 5.43 Å². The first-order valence-corrected chi connectivity index (χ1v) is 4.47. The van der Waals surface area contributed by atoms with Crippen molar-refractivity contribution in [1.29, 1.82) is 0 Å². The van der Waals surface area contributed by atoms with Crippen LogP contribution in [0.3, 0.4) is 0 Å². The number of benzene rings is 1. The number of hydrazine groups is 1. The lowest BCUT2D eigenvalue weighted by Crippen LogP contribution is -2.07. The van der Waals surface area contributed by atoms with Gasteiger partial charge in [-0.3, -0.25) is 5.84 Å². The Labute approximate surface area is 99.6 Å². The average Bonchev–Trinajstić information content (AvgIpc) is 2.14. The van der Waals surface area contributed by atoms with Crippen molar-refractivity contribution < 1.29 is 10.3 Å². The number of hydrogen-bond acceptors (Lipinski definition) is 4. The van der Waals surface area contributed by atoms with Gasteiger partial charge in [-0.25, -0.2) is 0 Å². The largest absolute Gasteiger partial charge is 0.328 e. The minimum atomic E-state index is -1.50. The van der Waals surface area contributed by atoms with Crippen LogP contribution in [0.2, 0.25) is 15.1 Å². The van der Waals surface area contributed by atoms with E-state index in [4.69, 9.17) is 56.0 Å². The highest BCUT2D eigenvalue weighted by atomic mass is 35.5. The second-order valence-electron chi connectivity index (χ2n) is 2.11. The molecule has 0 aliphatic carbocycles. The molecule has 0 amide bonds. The van der Waals surface area contributed by atoms with Crippen LogP contribution in [-0.4, -0.2) is 10.3 Å². The Morgan fingerprint density at radius 2 is 1.80 bits per heavy atom. The van der Waals surface area contributed by atoms with Crippen molar-refractivity contribution in [2.24, 2.45) is 5.84 Å². The zero-order valence-corrected chi connectivity index (χ0v) is 9.34. The zero-order valence-electron chi connectivity index (χ0n) is 7.08. The lowest BCUT2D eigenvalue weighted by Gasteiger charge is -2.04. The van der Waals surface area contributed by atoms with Crippen molar-refractivity contribution in [3.63, 3.8) is 0 Å². The van der Waals surface area contributed by atoms with E-state index < -0.39 is 5.09 Å². The minimum Gasteiger partial charge on any atom is -0.328 e. The van der Waals surface area contributed by atoms with Gasteiger partial charge < -0.3 is 10.6 Å². The summed E-state index contributed by atoms with van der Waals surface area (Å²) in [7, 11) is 0. The summed E-state index contributed by atoms with van der Waals surface area (Å²) in [5, 5.41) is 14.7. The summed E-state index contributed by atoms with van der Waals surface area (Å²) in [6, 6.07) is 3.27. The van der Waals surface area contributed by atoms with Crippen molar-refractivity contribution in [3.8, 4) is 0 Å². The third kappa shape index (κ3) is 4.89. The molecule has 0 atom stereocenters. The maximum Gasteiger partial charge on any atom is 0.291 e. The minimum absolute atomic E-state index is 0.309. The number of halogens is 3. The van der Waals surface area contributed by atoms with Gasteiger partial charge in [0.15, 0.2) is 0 Å². The van der Waals surface area contributed by atoms with E-state index >= 15 is 0 Å². The van der Waals surface area contributed by atoms with Crippen molar-refractivity contribution in [2.45, 2.75) is 0 Å². The molecule has 0 fully saturated rings. The third-order valence-electron chi connectivity index (χ3n) is 1.19. The summed E-state index contributed by atoms with van der Waals surface area (Å²) in [6.07, 6.45) is 0. The molecule has 0 spiro atoms. The molecule has 6 nitrogen and oxygen atoms in total. The van der Waals surface area contributed by atoms with Crippen LogP contribution in [-0.2, 0) is 0 Å². The van der Waals surface area contributed by atoms with Gasteiger partial charge in [-0.1, -0.05) is 34.8 Å². The Hall–Kier alpha value is -0.950. The van der Waals surface area contributed by atoms with Gasteiger partial charge in [0.1, 0.15) is 0 Å². The number of nitrogens with two attached hydrogens (primary N) is 1. The highest BCUT2D eigenvalue weighted by molar-refractivity contribution is 6.49. The van der Waals surface area contributed by atoms with Crippen LogP contribution in [0.1, 0.15) is 0 Å². The molecule has 4 N–H and O–H groups in total. The topological polar surface area (TPSA) is 101 Å². The number of rotatable bonds is 1. The van der Waals surface area contributed by atoms with Crippen molar-refractivity contribution in [2.75, 3.05) is 5.43 Å². The second kappa shape index (κ2) is 6.52. The van der Waals surface area contributed by atoms with Gasteiger partial charge in [0.2, 0.25) is 0 Å². The van der Waals surface area contributed by atoms with E-state index in [1.165, 1.54) is 0 Å². The molecule has 0 saturated carbocycles. The predicted octanol–water partition coefficient (Wildman–Crippen LogP) is 2.58. The standard InChI is InChI=1S/C6H5Cl3N2.HNO3/c7-3-1-2-4(11-10)6(9)5(3)8;2-1(3)4/h1-2,11H,10H2;(H,2,3,4). The maximum absolute atomic E-state index is 8.36. The van der Waals surface area contributed by atoms with Crippen molar-refractivity contribution in [1.82, 2.24) is 0 Å². The SMILES string of the molecule is NNc1ccc(Cl)c(Cl)c1Cl.O=[N+]([O-])O. The number of nitrogens with one attached hydrogen (secondary N) is 1. The summed E-state index contributed by atoms with van der Waals surface area (Å²) >= 11 is 17.1. The second-order valence-corrected chi connectivity index (χ2v) is 3.27. The van der Waals surface area contributed by atoms with Crippen LogP contribution >= 0.6 is 34.8 Å². The predicted molar refractivity (Wildman–Crippen MR) is 58.1 cm³/mol. The molecular formula is C6H6Cl3N3O3. The Kier molecular flexibility index (Phi) is 6.11. The van der Waals surface area contributed by atoms with Gasteiger partial charge >= 0.3 is 0 Å². The third-order valence-corrected chi connectivity index (χ3v) is 2.48. The molecule has 84 valence electrons. The summed E-state index contributed by atoms with van der Waals surface area (Å²) in [5.74, 6) is 5.13. The summed E-state index contributed by atoms with van der Waals surface area (Å²) in [4.78, 5) is 8.36. The first-order chi connectivity index (χ1) is 6.90. The van der Waals surface area contributed by atoms with E-state index in [0.717, 1.165) is 0 Å². The lowest BCUT2D eigenvalue weighted by molar-refractivity contribution is -0.742. The van der Waals surface area contributed by atoms with Crippen molar-refractivity contribution in [3.05, 3.63) is 37.3 Å². The van der Waals surface area contributed by atoms with Crippen LogP contribution in [0.4, 0.5) is 5.69 Å². The molecule has 1 rings (SSSR count). The Morgan fingerprint density at radius 3 is 2.20 bits per heavy atom. The number of anilines is 1. The molecule has 9 heteroatoms. The fourth-order valence-corrected chi connectivity index (χ4v) is 1.23. The summed E-state index contributed by atoms with van der Waals surface area (Å²) < 4.78 is 0. The smallest absolute Gasteiger partial charge is 0.291 e. The molecule has 0 heterocycles. The molecule has 0 aliphatic rings. The first-order valence-electron chi connectivity index (χ1n) is 3.33. The quantitative estimate of drug-likeness (QED) is 0.316. The monoisotopic (exact) mass is 273 g/mol. The molecule has 15 heavy (non-hydrogen) atoms. The van der Waals surface area contributed by atoms with Gasteiger partial charge in [-0.15, -0.1) is 10.1 Å². The maximum atomic E-state index is 8.36. The average molecular weight is 274 g/mol. The molecular weight excluding hydrogens is 268 g/mol. The highest BCUT2D eigenvalue weighted by Gasteiger charge is 2.06. The van der Waals surface area contributed by atoms with Crippen molar-refractivity contribution >= 4 is 40.5 Å². The molecule has 0 aliphatic heterocycles. The molecule has 0 aromatic heterocycles. The number of nitrogens with zero attached hydrogens (tertiary/aromatic N) is 1. The van der Waals surface area contributed by atoms with E-state index in [9.17, 15) is 0 Å². The Morgan fingerprint density at radius 1 is 1.33 bits per heavy atom. The molecule has 0 bridgehead atoms. The van der Waals surface area contributed by atoms with Gasteiger partial charge in [0, 0.05) is 0 Å². The van der Waals surface area contributed by atoms with Crippen LogP contribution in [0.25, 0.3) is 0 Å². The van der Waals surface area contributed by atoms with E-state index in [1.54, 1.807) is 12.1 Å². The normalized spacial score (nSPS) is 8.80. The van der Waals surface area contributed by atoms with Crippen LogP contribution in [0, 0.1) is 10.1 Å². The molecule has 0 unspecified atom stereocenters. The summed E-state index contributed by atoms with van der Waals surface area (Å²) in [5.41, 5.74) is 2.94. The van der Waals surface area contributed by atoms with Gasteiger partial charge in [0.05, 0.1) is 20.8 Å². The van der Waals surface area contributed by atoms with Gasteiger partial charge in [-0.2, -0.15) is 0 Å². The molecule has 0 radical (unpaired) electrons. The van der Waals surface area contributed by atoms with Crippen LogP contribution in [0.15, 0.2) is 12.1 Å². The van der Waals surface area contributed by atoms with Crippen LogP contribution in [0.5, 0.6) is 0 Å². The van der Waals surface area contributed by atoms with Crippen LogP contribution < -0.4 is 11.3 Å². The number of hydrogen-bond donors (Lipinski definition) is 3. The first kappa shape index (κ1) is 14.1. The molecule has 1 aromatic carbocycles. The van der Waals surface area contributed by atoms with E-state index in [1.807, 2.05) is 0 Å². The molecule has 1 aromatic rings.